The first-order valence-electron chi connectivity index (χ1n) is 3.17. The van der Waals surface area contributed by atoms with Crippen LogP contribution in [0.4, 0.5) is 0 Å². The van der Waals surface area contributed by atoms with Crippen molar-refractivity contribution in [2.45, 2.75) is 18.4 Å². The molecule has 0 saturated carbocycles. The summed E-state index contributed by atoms with van der Waals surface area (Å²) in [4.78, 5) is 30.5. The van der Waals surface area contributed by atoms with E-state index in [9.17, 15) is 14.4 Å². The van der Waals surface area contributed by atoms with Crippen molar-refractivity contribution >= 4 is 144 Å². The molecule has 11 heteroatoms. The third kappa shape index (κ3) is 14.8. The van der Waals surface area contributed by atoms with Gasteiger partial charge in [-0.1, -0.05) is 0 Å². The minimum absolute atomic E-state index is 0. The number of carboxylic acids is 3. The van der Waals surface area contributed by atoms with E-state index < -0.39 is 36.4 Å². The molecule has 0 spiro atoms. The molecule has 7 nitrogen and oxygen atoms in total. The molecule has 0 aliphatic rings. The van der Waals surface area contributed by atoms with Gasteiger partial charge in [0.2, 0.25) is 0 Å². The molecule has 0 saturated heterocycles. The molecule has 0 unspecified atom stereocenters. The first-order valence-corrected chi connectivity index (χ1v) is 3.17. The van der Waals surface area contributed by atoms with Gasteiger partial charge in [-0.25, -0.2) is 4.79 Å². The molecule has 0 rings (SSSR count). The molecule has 0 aliphatic carbocycles. The number of aliphatic carboxylic acids is 3. The van der Waals surface area contributed by atoms with Gasteiger partial charge in [0.25, 0.3) is 0 Å². The average molecular weight is 306 g/mol. The second-order valence-corrected chi connectivity index (χ2v) is 2.48. The number of hydrogen-bond acceptors (Lipinski definition) is 4. The summed E-state index contributed by atoms with van der Waals surface area (Å²) in [5.74, 6) is -5.02. The topological polar surface area (TPSA) is 132 Å². The summed E-state index contributed by atoms with van der Waals surface area (Å²) in [6.07, 6.45) is -2.29. The molecular weight excluding hydrogens is 293 g/mol. The SMILES string of the molecule is O=C(O)CC(O)(CC(=O)O)C(=O)O.[CaH2].[NaH].[NaH].[NaH]. The minimum atomic E-state index is -2.74. The second-order valence-electron chi connectivity index (χ2n) is 2.48. The molecule has 17 heavy (non-hydrogen) atoms. The third-order valence-corrected chi connectivity index (χ3v) is 1.29. The Hall–Kier alpha value is 2.63. The molecular formula is C6H13CaNa3O7. The maximum absolute atomic E-state index is 10.3. The van der Waals surface area contributed by atoms with Crippen LogP contribution in [0.15, 0.2) is 0 Å². The summed E-state index contributed by atoms with van der Waals surface area (Å²) in [7, 11) is 0. The van der Waals surface area contributed by atoms with Crippen LogP contribution in [0.3, 0.4) is 0 Å². The molecule has 0 radical (unpaired) electrons. The van der Waals surface area contributed by atoms with Crippen LogP contribution in [0.25, 0.3) is 0 Å². The number of rotatable bonds is 5. The standard InChI is InChI=1S/C6H8O7.Ca.3Na.5H/c7-3(8)1-6(13,5(11)12)2-4(9)10;;;;;;;;;/h13H,1-2H2,(H,7,8)(H,9,10)(H,11,12);;;;;;;;;. The van der Waals surface area contributed by atoms with Crippen LogP contribution < -0.4 is 0 Å². The number of hydrogen-bond donors (Lipinski definition) is 4. The summed E-state index contributed by atoms with van der Waals surface area (Å²) in [6.45, 7) is 0. The fraction of sp³-hybridized carbons (Fsp3) is 0.500. The van der Waals surface area contributed by atoms with E-state index in [1.54, 1.807) is 0 Å². The van der Waals surface area contributed by atoms with Crippen molar-refractivity contribution in [3.05, 3.63) is 0 Å². The monoisotopic (exact) mass is 306 g/mol. The molecule has 0 aliphatic heterocycles. The number of carboxylic acid groups (broad SMARTS) is 3. The van der Waals surface area contributed by atoms with Gasteiger partial charge in [0, 0.05) is 0 Å². The van der Waals surface area contributed by atoms with Crippen LogP contribution in [0.1, 0.15) is 12.8 Å². The molecule has 84 valence electrons. The maximum atomic E-state index is 10.3. The summed E-state index contributed by atoms with van der Waals surface area (Å²) in [5.41, 5.74) is -2.74. The van der Waals surface area contributed by atoms with Crippen molar-refractivity contribution in [3.8, 4) is 0 Å². The normalized spacial score (nSPS) is 8.29. The molecule has 0 aromatic heterocycles. The summed E-state index contributed by atoms with van der Waals surface area (Å²) >= 11 is 0. The first kappa shape index (κ1) is 31.8. The Morgan fingerprint density at radius 2 is 1.06 bits per heavy atom. The summed E-state index contributed by atoms with van der Waals surface area (Å²) in [5, 5.41) is 33.8. The van der Waals surface area contributed by atoms with E-state index in [1.807, 2.05) is 0 Å². The van der Waals surface area contributed by atoms with Gasteiger partial charge in [0.1, 0.15) is 0 Å². The van der Waals surface area contributed by atoms with Crippen LogP contribution in [0.2, 0.25) is 0 Å². The van der Waals surface area contributed by atoms with Crippen LogP contribution in [0.5, 0.6) is 0 Å². The fourth-order valence-electron chi connectivity index (χ4n) is 0.714. The first-order chi connectivity index (χ1) is 5.78. The van der Waals surface area contributed by atoms with Crippen molar-refractivity contribution in [3.63, 3.8) is 0 Å². The van der Waals surface area contributed by atoms with Crippen molar-refractivity contribution in [2.24, 2.45) is 0 Å². The zero-order valence-electron chi connectivity index (χ0n) is 6.43. The molecule has 0 amide bonds. The van der Waals surface area contributed by atoms with E-state index in [2.05, 4.69) is 0 Å². The van der Waals surface area contributed by atoms with Crippen molar-refractivity contribution in [1.29, 1.82) is 0 Å². The van der Waals surface area contributed by atoms with Crippen molar-refractivity contribution in [2.75, 3.05) is 0 Å². The molecule has 0 atom stereocenters. The third-order valence-electron chi connectivity index (χ3n) is 1.29. The van der Waals surface area contributed by atoms with Crippen LogP contribution in [-0.2, 0) is 14.4 Å². The fourth-order valence-corrected chi connectivity index (χ4v) is 0.714. The number of aliphatic hydroxyl groups is 1. The van der Waals surface area contributed by atoms with Crippen LogP contribution in [-0.4, -0.2) is 170 Å². The van der Waals surface area contributed by atoms with Gasteiger partial charge in [-0.15, -0.1) is 0 Å². The van der Waals surface area contributed by atoms with Gasteiger partial charge < -0.3 is 20.4 Å². The predicted octanol–water partition coefficient (Wildman–Crippen LogP) is -4.11. The Balaban J connectivity index is -0.000000120. The van der Waals surface area contributed by atoms with Crippen LogP contribution in [0, 0.1) is 0 Å². The van der Waals surface area contributed by atoms with Crippen molar-refractivity contribution < 1.29 is 34.8 Å². The number of carbonyl (C=O) groups is 3. The zero-order chi connectivity index (χ0) is 10.6. The average Bonchev–Trinajstić information content (AvgIpc) is 1.82. The van der Waals surface area contributed by atoms with E-state index in [4.69, 9.17) is 20.4 Å². The van der Waals surface area contributed by atoms with Crippen molar-refractivity contribution in [1.82, 2.24) is 0 Å². The Labute approximate surface area is 194 Å². The Morgan fingerprint density at radius 1 is 0.824 bits per heavy atom. The molecule has 0 fully saturated rings. The Morgan fingerprint density at radius 3 is 1.18 bits per heavy atom. The van der Waals surface area contributed by atoms with E-state index >= 15 is 0 Å². The Kier molecular flexibility index (Phi) is 28.1. The Bertz CT molecular complexity index is 244. The van der Waals surface area contributed by atoms with Gasteiger partial charge in [-0.3, -0.25) is 9.59 Å². The predicted molar refractivity (Wildman–Crippen MR) is 67.1 cm³/mol. The molecule has 4 N–H and O–H groups in total. The van der Waals surface area contributed by atoms with Gasteiger partial charge in [-0.2, -0.15) is 0 Å². The second kappa shape index (κ2) is 15.0. The van der Waals surface area contributed by atoms with Gasteiger partial charge >= 0.3 is 144 Å². The molecule has 0 heterocycles. The van der Waals surface area contributed by atoms with Gasteiger partial charge in [-0.05, 0) is 0 Å². The van der Waals surface area contributed by atoms with Crippen LogP contribution >= 0.6 is 0 Å². The quantitative estimate of drug-likeness (QED) is 0.379. The van der Waals surface area contributed by atoms with Gasteiger partial charge in [0.05, 0.1) is 12.8 Å². The molecule has 0 bridgehead atoms. The molecule has 0 aromatic carbocycles. The van der Waals surface area contributed by atoms with E-state index in [-0.39, 0.29) is 126 Å². The van der Waals surface area contributed by atoms with E-state index in [0.29, 0.717) is 0 Å². The summed E-state index contributed by atoms with van der Waals surface area (Å²) in [6, 6.07) is 0. The van der Waals surface area contributed by atoms with Gasteiger partial charge in [0.15, 0.2) is 5.60 Å². The van der Waals surface area contributed by atoms with E-state index in [1.165, 1.54) is 0 Å². The van der Waals surface area contributed by atoms with E-state index in [0.717, 1.165) is 0 Å². The zero-order valence-corrected chi connectivity index (χ0v) is 6.43. The molecule has 0 aromatic rings. The summed E-state index contributed by atoms with van der Waals surface area (Å²) < 4.78 is 0.